The number of carbonyl (C=O) groups excluding carboxylic acids is 1. The summed E-state index contributed by atoms with van der Waals surface area (Å²) in [7, 11) is 0. The van der Waals surface area contributed by atoms with Gasteiger partial charge in [0, 0.05) is 13.2 Å². The molecule has 1 aliphatic heterocycles. The molecule has 0 spiro atoms. The summed E-state index contributed by atoms with van der Waals surface area (Å²) < 4.78 is 5.41. The molecule has 2 rings (SSSR count). The molecular formula is C17H23NO4. The van der Waals surface area contributed by atoms with Gasteiger partial charge in [0.25, 0.3) is 0 Å². The van der Waals surface area contributed by atoms with Gasteiger partial charge in [-0.1, -0.05) is 29.8 Å². The molecule has 22 heavy (non-hydrogen) atoms. The van der Waals surface area contributed by atoms with Crippen molar-refractivity contribution >= 4 is 11.9 Å². The zero-order valence-corrected chi connectivity index (χ0v) is 12.9. The van der Waals surface area contributed by atoms with Crippen molar-refractivity contribution in [1.29, 1.82) is 0 Å². The molecule has 1 aliphatic rings. The first-order valence-electron chi connectivity index (χ1n) is 7.71. The fraction of sp³-hybridized carbons (Fsp3) is 0.529. The maximum atomic E-state index is 11.8. The maximum Gasteiger partial charge on any atom is 0.308 e. The summed E-state index contributed by atoms with van der Waals surface area (Å²) in [6.07, 6.45) is 2.61. The Balaban J connectivity index is 1.83. The molecule has 0 aromatic heterocycles. The van der Waals surface area contributed by atoms with Crippen LogP contribution >= 0.6 is 0 Å². The molecule has 0 bridgehead atoms. The van der Waals surface area contributed by atoms with E-state index in [4.69, 9.17) is 4.74 Å². The van der Waals surface area contributed by atoms with E-state index in [1.807, 2.05) is 31.2 Å². The van der Waals surface area contributed by atoms with Gasteiger partial charge in [-0.25, -0.2) is 0 Å². The van der Waals surface area contributed by atoms with Gasteiger partial charge in [0.15, 0.2) is 0 Å². The van der Waals surface area contributed by atoms with Crippen molar-refractivity contribution in [1.82, 2.24) is 5.32 Å². The number of carbonyl (C=O) groups is 2. The van der Waals surface area contributed by atoms with Gasteiger partial charge in [-0.3, -0.25) is 9.59 Å². The summed E-state index contributed by atoms with van der Waals surface area (Å²) >= 11 is 0. The van der Waals surface area contributed by atoms with Crippen LogP contribution in [-0.4, -0.2) is 36.2 Å². The van der Waals surface area contributed by atoms with Crippen LogP contribution in [0.2, 0.25) is 0 Å². The van der Waals surface area contributed by atoms with Crippen molar-refractivity contribution in [3.63, 3.8) is 0 Å². The van der Waals surface area contributed by atoms with Crippen LogP contribution in [-0.2, 0) is 20.7 Å². The normalized spacial score (nSPS) is 18.9. The van der Waals surface area contributed by atoms with Crippen molar-refractivity contribution in [2.24, 2.45) is 5.92 Å². The number of aliphatic carboxylic acids is 1. The third kappa shape index (κ3) is 5.15. The molecule has 1 fully saturated rings. The molecule has 120 valence electrons. The Bertz CT molecular complexity index is 523. The Hall–Kier alpha value is -1.88. The number of hydrogen-bond acceptors (Lipinski definition) is 3. The van der Waals surface area contributed by atoms with E-state index in [0.717, 1.165) is 24.0 Å². The Morgan fingerprint density at radius 3 is 2.91 bits per heavy atom. The van der Waals surface area contributed by atoms with Gasteiger partial charge in [0.2, 0.25) is 5.91 Å². The topological polar surface area (TPSA) is 75.6 Å². The predicted octanol–water partition coefficient (Wildman–Crippen LogP) is 1.92. The highest BCUT2D eigenvalue weighted by molar-refractivity contribution is 5.77. The second-order valence-electron chi connectivity index (χ2n) is 5.87. The molecule has 2 atom stereocenters. The second kappa shape index (κ2) is 7.94. The van der Waals surface area contributed by atoms with Gasteiger partial charge < -0.3 is 15.2 Å². The lowest BCUT2D eigenvalue weighted by atomic mass is 9.98. The fourth-order valence-electron chi connectivity index (χ4n) is 2.69. The van der Waals surface area contributed by atoms with Crippen molar-refractivity contribution < 1.29 is 19.4 Å². The van der Waals surface area contributed by atoms with E-state index in [-0.39, 0.29) is 18.6 Å². The van der Waals surface area contributed by atoms with Crippen molar-refractivity contribution in [3.8, 4) is 0 Å². The van der Waals surface area contributed by atoms with E-state index in [9.17, 15) is 14.7 Å². The number of rotatable bonds is 7. The van der Waals surface area contributed by atoms with Gasteiger partial charge in [-0.15, -0.1) is 0 Å². The molecule has 0 saturated carbocycles. The highest BCUT2D eigenvalue weighted by Gasteiger charge is 2.22. The second-order valence-corrected chi connectivity index (χ2v) is 5.87. The lowest BCUT2D eigenvalue weighted by molar-refractivity contribution is -0.141. The molecule has 5 nitrogen and oxygen atoms in total. The average molecular weight is 305 g/mol. The molecule has 1 saturated heterocycles. The lowest BCUT2D eigenvalue weighted by Gasteiger charge is -2.15. The van der Waals surface area contributed by atoms with Crippen molar-refractivity contribution in [2.75, 3.05) is 13.2 Å². The van der Waals surface area contributed by atoms with E-state index >= 15 is 0 Å². The molecule has 1 heterocycles. The fourth-order valence-corrected chi connectivity index (χ4v) is 2.69. The van der Waals surface area contributed by atoms with Gasteiger partial charge in [-0.2, -0.15) is 0 Å². The molecule has 1 aromatic rings. The van der Waals surface area contributed by atoms with E-state index in [0.29, 0.717) is 19.4 Å². The van der Waals surface area contributed by atoms with E-state index in [1.54, 1.807) is 0 Å². The van der Waals surface area contributed by atoms with Gasteiger partial charge >= 0.3 is 5.97 Å². The summed E-state index contributed by atoms with van der Waals surface area (Å²) in [6.45, 7) is 2.83. The number of amides is 1. The van der Waals surface area contributed by atoms with Gasteiger partial charge in [0.05, 0.1) is 18.4 Å². The zero-order valence-electron chi connectivity index (χ0n) is 12.9. The van der Waals surface area contributed by atoms with Crippen LogP contribution in [0.4, 0.5) is 0 Å². The van der Waals surface area contributed by atoms with Crippen LogP contribution < -0.4 is 5.32 Å². The highest BCUT2D eigenvalue weighted by atomic mass is 16.5. The predicted molar refractivity (Wildman–Crippen MR) is 82.6 cm³/mol. The van der Waals surface area contributed by atoms with Crippen LogP contribution in [0, 0.1) is 12.8 Å². The molecule has 0 radical (unpaired) electrons. The monoisotopic (exact) mass is 305 g/mol. The minimum atomic E-state index is -0.890. The molecule has 1 aromatic carbocycles. The van der Waals surface area contributed by atoms with Gasteiger partial charge in [-0.05, 0) is 31.7 Å². The smallest absolute Gasteiger partial charge is 0.308 e. The van der Waals surface area contributed by atoms with Crippen LogP contribution in [0.15, 0.2) is 24.3 Å². The van der Waals surface area contributed by atoms with Crippen molar-refractivity contribution in [2.45, 2.75) is 38.7 Å². The Kier molecular flexibility index (Phi) is 5.95. The summed E-state index contributed by atoms with van der Waals surface area (Å²) in [6, 6.07) is 7.78. The van der Waals surface area contributed by atoms with Crippen LogP contribution in [0.1, 0.15) is 30.4 Å². The molecule has 2 unspecified atom stereocenters. The summed E-state index contributed by atoms with van der Waals surface area (Å²) in [5.41, 5.74) is 2.07. The molecular weight excluding hydrogens is 282 g/mol. The summed E-state index contributed by atoms with van der Waals surface area (Å²) in [4.78, 5) is 23.2. The molecule has 1 amide bonds. The number of nitrogens with one attached hydrogen (secondary N) is 1. The number of hydrogen-bond donors (Lipinski definition) is 2. The minimum absolute atomic E-state index is 0.0138. The number of ether oxygens (including phenoxy) is 1. The van der Waals surface area contributed by atoms with Gasteiger partial charge in [0.1, 0.15) is 0 Å². The van der Waals surface area contributed by atoms with Crippen LogP contribution in [0.25, 0.3) is 0 Å². The number of carboxylic acids is 1. The van der Waals surface area contributed by atoms with Crippen LogP contribution in [0.3, 0.4) is 0 Å². The zero-order chi connectivity index (χ0) is 15.9. The lowest BCUT2D eigenvalue weighted by Crippen LogP contribution is -2.35. The minimum Gasteiger partial charge on any atom is -0.481 e. The van der Waals surface area contributed by atoms with Crippen molar-refractivity contribution in [3.05, 3.63) is 35.4 Å². The molecule has 5 heteroatoms. The Labute approximate surface area is 130 Å². The SMILES string of the molecule is Cc1cccc(CC(CNC(=O)CC2CCCO2)C(=O)O)c1. The Morgan fingerprint density at radius 1 is 1.45 bits per heavy atom. The first-order valence-corrected chi connectivity index (χ1v) is 7.71. The Morgan fingerprint density at radius 2 is 2.27 bits per heavy atom. The summed E-state index contributed by atoms with van der Waals surface area (Å²) in [5.74, 6) is -1.64. The maximum absolute atomic E-state index is 11.8. The standard InChI is InChI=1S/C17H23NO4/c1-12-4-2-5-13(8-12)9-14(17(20)21)11-18-16(19)10-15-6-3-7-22-15/h2,4-5,8,14-15H,3,6-7,9-11H2,1H3,(H,18,19)(H,20,21). The number of aryl methyl sites for hydroxylation is 1. The largest absolute Gasteiger partial charge is 0.481 e. The first kappa shape index (κ1) is 16.5. The van der Waals surface area contributed by atoms with Crippen LogP contribution in [0.5, 0.6) is 0 Å². The highest BCUT2D eigenvalue weighted by Crippen LogP contribution is 2.15. The molecule has 0 aliphatic carbocycles. The first-order chi connectivity index (χ1) is 10.5. The third-order valence-electron chi connectivity index (χ3n) is 3.90. The number of benzene rings is 1. The third-order valence-corrected chi connectivity index (χ3v) is 3.90. The molecule has 2 N–H and O–H groups in total. The summed E-state index contributed by atoms with van der Waals surface area (Å²) in [5, 5.41) is 12.1. The average Bonchev–Trinajstić information content (AvgIpc) is 2.96. The van der Waals surface area contributed by atoms with E-state index in [2.05, 4.69) is 5.32 Å². The number of carboxylic acid groups (broad SMARTS) is 1. The quantitative estimate of drug-likeness (QED) is 0.807. The van der Waals surface area contributed by atoms with E-state index in [1.165, 1.54) is 0 Å². The van der Waals surface area contributed by atoms with E-state index < -0.39 is 11.9 Å².